The van der Waals surface area contributed by atoms with Gasteiger partial charge in [0.05, 0.1) is 0 Å². The van der Waals surface area contributed by atoms with Crippen molar-refractivity contribution in [2.24, 2.45) is 0 Å². The fourth-order valence-corrected chi connectivity index (χ4v) is 2.65. The first-order chi connectivity index (χ1) is 8.09. The molecule has 1 aliphatic rings. The first-order valence-electron chi connectivity index (χ1n) is 5.98. The smallest absolute Gasteiger partial charge is 0.0133 e. The Balaban J connectivity index is 0.000000686. The van der Waals surface area contributed by atoms with Gasteiger partial charge in [0.1, 0.15) is 0 Å². The molecule has 0 fully saturated rings. The second kappa shape index (κ2) is 7.28. The molecule has 2 rings (SSSR count). The van der Waals surface area contributed by atoms with E-state index < -0.39 is 0 Å². The molecule has 17 heavy (non-hydrogen) atoms. The van der Waals surface area contributed by atoms with Crippen LogP contribution in [0.25, 0.3) is 0 Å². The van der Waals surface area contributed by atoms with E-state index in [-0.39, 0.29) is 0 Å². The Morgan fingerprint density at radius 3 is 2.12 bits per heavy atom. The third-order valence-electron chi connectivity index (χ3n) is 3.80. The zero-order valence-electron chi connectivity index (χ0n) is 11.1. The van der Waals surface area contributed by atoms with E-state index in [9.17, 15) is 0 Å². The van der Waals surface area contributed by atoms with Crippen molar-refractivity contribution in [1.82, 2.24) is 4.90 Å². The maximum absolute atomic E-state index is 2.37. The second-order valence-corrected chi connectivity index (χ2v) is 5.02. The van der Waals surface area contributed by atoms with Gasteiger partial charge in [-0.1, -0.05) is 12.1 Å². The van der Waals surface area contributed by atoms with Crippen LogP contribution in [0.1, 0.15) is 28.7 Å². The third-order valence-corrected chi connectivity index (χ3v) is 3.80. The van der Waals surface area contributed by atoms with Gasteiger partial charge in [0.15, 0.2) is 0 Å². The summed E-state index contributed by atoms with van der Waals surface area (Å²) in [7, 11) is 4.39. The van der Waals surface area contributed by atoms with Crippen molar-refractivity contribution in [3.8, 4) is 0 Å². The van der Waals surface area contributed by atoms with Crippen LogP contribution in [0, 0.1) is 13.8 Å². The zero-order valence-corrected chi connectivity index (χ0v) is 15.4. The summed E-state index contributed by atoms with van der Waals surface area (Å²) < 4.78 is 0. The van der Waals surface area contributed by atoms with E-state index in [0.29, 0.717) is 0 Å². The average Bonchev–Trinajstić information content (AvgIpc) is 2.36. The van der Waals surface area contributed by atoms with E-state index in [0.717, 1.165) is 6.04 Å². The Labute approximate surface area is 129 Å². The molecule has 3 heteroatoms. The van der Waals surface area contributed by atoms with Crippen LogP contribution in [0.4, 0.5) is 0 Å². The van der Waals surface area contributed by atoms with Crippen LogP contribution < -0.4 is 0 Å². The molecular formula is C14H21I2N. The molecule has 96 valence electrons. The predicted molar refractivity (Wildman–Crippen MR) is 93.5 cm³/mol. The fraction of sp³-hybridized carbons (Fsp3) is 0.571. The largest absolute Gasteiger partial charge is 0.306 e. The average molecular weight is 457 g/mol. The molecule has 1 aromatic rings. The van der Waals surface area contributed by atoms with Gasteiger partial charge in [-0.05, 0) is 69.5 Å². The molecule has 0 saturated heterocycles. The molecule has 0 aromatic heterocycles. The highest BCUT2D eigenvalue weighted by atomic mass is 128. The van der Waals surface area contributed by atoms with E-state index in [1.165, 1.54) is 30.4 Å². The van der Waals surface area contributed by atoms with Gasteiger partial charge in [-0.3, -0.25) is 0 Å². The molecule has 0 N–H and O–H groups in total. The van der Waals surface area contributed by atoms with Gasteiger partial charge in [-0.25, -0.2) is 0 Å². The topological polar surface area (TPSA) is 3.24 Å². The number of hydrogen-bond acceptors (Lipinski definition) is 1. The Bertz CT molecular complexity index is 375. The molecule has 0 amide bonds. The Morgan fingerprint density at radius 1 is 1.06 bits per heavy atom. The second-order valence-electron chi connectivity index (χ2n) is 5.02. The molecule has 1 atom stereocenters. The molecule has 0 saturated carbocycles. The minimum Gasteiger partial charge on any atom is -0.306 e. The standard InChI is InChI=1S/C14H21N.I2/c1-10-5-6-11(2)14-9-12(15(3)4)7-8-13(10)14;1-2/h5-6,12H,7-9H2,1-4H3;. The lowest BCUT2D eigenvalue weighted by Crippen LogP contribution is -2.34. The number of likely N-dealkylation sites (N-methyl/N-ethyl adjacent to an activating group) is 1. The summed E-state index contributed by atoms with van der Waals surface area (Å²) in [5.41, 5.74) is 6.18. The number of rotatable bonds is 1. The molecule has 0 spiro atoms. The number of aryl methyl sites for hydroxylation is 2. The Kier molecular flexibility index (Phi) is 6.72. The normalized spacial score (nSPS) is 18.4. The van der Waals surface area contributed by atoms with Gasteiger partial charge in [0.25, 0.3) is 0 Å². The van der Waals surface area contributed by atoms with Gasteiger partial charge >= 0.3 is 0 Å². The molecule has 0 radical (unpaired) electrons. The van der Waals surface area contributed by atoms with Gasteiger partial charge in [-0.15, -0.1) is 0 Å². The summed E-state index contributed by atoms with van der Waals surface area (Å²) in [6.07, 6.45) is 3.80. The number of fused-ring (bicyclic) bond motifs is 1. The van der Waals surface area contributed by atoms with Crippen molar-refractivity contribution in [2.75, 3.05) is 14.1 Å². The molecule has 1 aromatic carbocycles. The van der Waals surface area contributed by atoms with E-state index in [1.807, 2.05) is 0 Å². The van der Waals surface area contributed by atoms with Crippen LogP contribution in [-0.4, -0.2) is 25.0 Å². The van der Waals surface area contributed by atoms with Gasteiger partial charge in [-0.2, -0.15) is 0 Å². The van der Waals surface area contributed by atoms with Crippen LogP contribution in [0.15, 0.2) is 12.1 Å². The first-order valence-corrected chi connectivity index (χ1v) is 12.3. The molecular weight excluding hydrogens is 436 g/mol. The summed E-state index contributed by atoms with van der Waals surface area (Å²) in [6, 6.07) is 5.27. The zero-order chi connectivity index (χ0) is 13.0. The first kappa shape index (κ1) is 15.7. The lowest BCUT2D eigenvalue weighted by atomic mass is 9.83. The fourth-order valence-electron chi connectivity index (χ4n) is 2.65. The highest BCUT2D eigenvalue weighted by Crippen LogP contribution is 2.28. The lowest BCUT2D eigenvalue weighted by Gasteiger charge is -2.31. The third kappa shape index (κ3) is 3.80. The minimum absolute atomic E-state index is 0.734. The van der Waals surface area contributed by atoms with E-state index in [4.69, 9.17) is 0 Å². The van der Waals surface area contributed by atoms with Crippen molar-refractivity contribution in [1.29, 1.82) is 0 Å². The predicted octanol–water partition coefficient (Wildman–Crippen LogP) is 4.49. The highest BCUT2D eigenvalue weighted by molar-refractivity contribution is 15.0. The van der Waals surface area contributed by atoms with Crippen molar-refractivity contribution in [3.63, 3.8) is 0 Å². The summed E-state index contributed by atoms with van der Waals surface area (Å²) in [5, 5.41) is 0. The van der Waals surface area contributed by atoms with E-state index in [2.05, 4.69) is 82.2 Å². The van der Waals surface area contributed by atoms with E-state index >= 15 is 0 Å². The van der Waals surface area contributed by atoms with Gasteiger partial charge in [0, 0.05) is 43.3 Å². The number of nitrogens with zero attached hydrogens (tertiary/aromatic N) is 1. The number of hydrogen-bond donors (Lipinski definition) is 0. The number of benzene rings is 1. The van der Waals surface area contributed by atoms with Gasteiger partial charge < -0.3 is 4.90 Å². The number of halogens is 2. The quantitative estimate of drug-likeness (QED) is 0.562. The van der Waals surface area contributed by atoms with Crippen LogP contribution >= 0.6 is 37.2 Å². The van der Waals surface area contributed by atoms with E-state index in [1.54, 1.807) is 11.1 Å². The van der Waals surface area contributed by atoms with Crippen LogP contribution in [0.2, 0.25) is 0 Å². The molecule has 1 aliphatic carbocycles. The maximum atomic E-state index is 2.37. The minimum atomic E-state index is 0.734. The SMILES string of the molecule is Cc1ccc(C)c2c1CCC(N(C)C)C2.II. The highest BCUT2D eigenvalue weighted by Gasteiger charge is 2.22. The summed E-state index contributed by atoms with van der Waals surface area (Å²) >= 11 is 4.24. The Morgan fingerprint density at radius 2 is 1.59 bits per heavy atom. The summed E-state index contributed by atoms with van der Waals surface area (Å²) in [6.45, 7) is 4.49. The monoisotopic (exact) mass is 457 g/mol. The van der Waals surface area contributed by atoms with Gasteiger partial charge in [0.2, 0.25) is 0 Å². The molecule has 0 heterocycles. The molecule has 0 bridgehead atoms. The molecule has 1 nitrogen and oxygen atoms in total. The molecule has 0 aliphatic heterocycles. The maximum Gasteiger partial charge on any atom is 0.0133 e. The van der Waals surface area contributed by atoms with Crippen molar-refractivity contribution < 1.29 is 0 Å². The van der Waals surface area contributed by atoms with Crippen LogP contribution in [0.3, 0.4) is 0 Å². The van der Waals surface area contributed by atoms with Crippen molar-refractivity contribution in [3.05, 3.63) is 34.4 Å². The van der Waals surface area contributed by atoms with Crippen LogP contribution in [0.5, 0.6) is 0 Å². The summed E-state index contributed by atoms with van der Waals surface area (Å²) in [5.74, 6) is 0. The molecule has 1 unspecified atom stereocenters. The summed E-state index contributed by atoms with van der Waals surface area (Å²) in [4.78, 5) is 2.37. The van der Waals surface area contributed by atoms with Crippen molar-refractivity contribution >= 4 is 37.2 Å². The lowest BCUT2D eigenvalue weighted by molar-refractivity contribution is 0.267. The van der Waals surface area contributed by atoms with Crippen molar-refractivity contribution in [2.45, 2.75) is 39.2 Å². The van der Waals surface area contributed by atoms with Crippen LogP contribution in [-0.2, 0) is 12.8 Å². The Hall–Kier alpha value is 0.640.